The number of urea groups is 1. The smallest absolute Gasteiger partial charge is 0.321 e. The number of hydrogen-bond donors (Lipinski definition) is 1. The molecule has 0 radical (unpaired) electrons. The Hall–Kier alpha value is -1.10. The van der Waals surface area contributed by atoms with Crippen LogP contribution in [0.3, 0.4) is 0 Å². The maximum Gasteiger partial charge on any atom is 0.321 e. The topological polar surface area (TPSA) is 66.6 Å². The third kappa shape index (κ3) is 5.19. The van der Waals surface area contributed by atoms with Crippen molar-refractivity contribution in [3.63, 3.8) is 0 Å². The van der Waals surface area contributed by atoms with E-state index in [1.54, 1.807) is 0 Å². The van der Waals surface area contributed by atoms with Gasteiger partial charge in [0, 0.05) is 13.5 Å². The van der Waals surface area contributed by atoms with Crippen LogP contribution in [0.1, 0.15) is 12.8 Å². The van der Waals surface area contributed by atoms with Gasteiger partial charge < -0.3 is 10.6 Å². The maximum atomic E-state index is 11.2. The summed E-state index contributed by atoms with van der Waals surface area (Å²) in [6, 6.07) is -0.699. The van der Waals surface area contributed by atoms with Gasteiger partial charge in [0.25, 0.3) is 0 Å². The lowest BCUT2D eigenvalue weighted by Crippen LogP contribution is -2.37. The van der Waals surface area contributed by atoms with E-state index in [9.17, 15) is 9.59 Å². The summed E-state index contributed by atoms with van der Waals surface area (Å²) in [6.07, 6.45) is 1.10. The molecule has 0 fully saturated rings. The van der Waals surface area contributed by atoms with Crippen molar-refractivity contribution in [1.29, 1.82) is 0 Å². The van der Waals surface area contributed by atoms with Gasteiger partial charge in [0.2, 0.25) is 5.91 Å². The van der Waals surface area contributed by atoms with E-state index in [-0.39, 0.29) is 5.91 Å². The molecule has 2 N–H and O–H groups in total. The lowest BCUT2D eigenvalue weighted by molar-refractivity contribution is -0.127. The predicted molar refractivity (Wildman–Crippen MR) is 50.1 cm³/mol. The Kier molecular flexibility index (Phi) is 5.06. The molecule has 0 saturated heterocycles. The van der Waals surface area contributed by atoms with Crippen LogP contribution in [0.2, 0.25) is 0 Å². The van der Waals surface area contributed by atoms with Crippen LogP contribution in [0.15, 0.2) is 0 Å². The second-order valence-electron chi connectivity index (χ2n) is 3.20. The summed E-state index contributed by atoms with van der Waals surface area (Å²) in [5.74, 6) is -0.227. The van der Waals surface area contributed by atoms with E-state index in [0.29, 0.717) is 6.42 Å². The Balaban J connectivity index is 3.69. The van der Waals surface area contributed by atoms with E-state index in [1.165, 1.54) is 7.05 Å². The Morgan fingerprint density at radius 3 is 2.15 bits per heavy atom. The molecule has 5 heteroatoms. The van der Waals surface area contributed by atoms with Gasteiger partial charge in [-0.3, -0.25) is 9.69 Å². The molecule has 0 bridgehead atoms. The Bertz CT molecular complexity index is 192. The van der Waals surface area contributed by atoms with Crippen molar-refractivity contribution >= 4 is 11.9 Å². The summed E-state index contributed by atoms with van der Waals surface area (Å²) in [6.45, 7) is 0.832. The maximum absolute atomic E-state index is 11.2. The van der Waals surface area contributed by atoms with E-state index < -0.39 is 6.03 Å². The number of primary amides is 1. The minimum atomic E-state index is -0.699. The van der Waals surface area contributed by atoms with Crippen molar-refractivity contribution in [2.24, 2.45) is 5.73 Å². The molecule has 0 saturated carbocycles. The van der Waals surface area contributed by atoms with E-state index >= 15 is 0 Å². The van der Waals surface area contributed by atoms with Gasteiger partial charge in [-0.1, -0.05) is 0 Å². The highest BCUT2D eigenvalue weighted by molar-refractivity contribution is 5.93. The first-order valence-corrected chi connectivity index (χ1v) is 4.16. The molecule has 0 aromatic carbocycles. The quantitative estimate of drug-likeness (QED) is 0.666. The highest BCUT2D eigenvalue weighted by atomic mass is 16.2. The molecule has 76 valence electrons. The van der Waals surface area contributed by atoms with Crippen molar-refractivity contribution < 1.29 is 9.59 Å². The van der Waals surface area contributed by atoms with Gasteiger partial charge in [0.05, 0.1) is 0 Å². The molecule has 0 rings (SSSR count). The standard InChI is InChI=1S/C8H17N3O2/c1-10(2)6-4-5-7(12)11(3)8(9)13/h4-6H2,1-3H3,(H2,9,13). The molecule has 0 aromatic heterocycles. The fourth-order valence-electron chi connectivity index (χ4n) is 0.837. The number of carbonyl (C=O) groups is 2. The van der Waals surface area contributed by atoms with Gasteiger partial charge in [0.1, 0.15) is 0 Å². The average Bonchev–Trinajstić information content (AvgIpc) is 2.02. The lowest BCUT2D eigenvalue weighted by atomic mass is 10.3. The third-order valence-electron chi connectivity index (χ3n) is 1.70. The fraction of sp³-hybridized carbons (Fsp3) is 0.750. The van der Waals surface area contributed by atoms with Gasteiger partial charge in [-0.2, -0.15) is 0 Å². The first-order chi connectivity index (χ1) is 5.95. The van der Waals surface area contributed by atoms with E-state index in [4.69, 9.17) is 5.73 Å². The van der Waals surface area contributed by atoms with Crippen LogP contribution in [0, 0.1) is 0 Å². The van der Waals surface area contributed by atoms with Crippen LogP contribution in [-0.2, 0) is 4.79 Å². The van der Waals surface area contributed by atoms with Crippen LogP contribution < -0.4 is 5.73 Å². The summed E-state index contributed by atoms with van der Waals surface area (Å²) in [7, 11) is 5.25. The molecule has 0 unspecified atom stereocenters. The first-order valence-electron chi connectivity index (χ1n) is 4.16. The number of rotatable bonds is 4. The summed E-state index contributed by atoms with van der Waals surface area (Å²) in [5.41, 5.74) is 4.92. The van der Waals surface area contributed by atoms with E-state index in [0.717, 1.165) is 17.9 Å². The number of amides is 3. The zero-order valence-corrected chi connectivity index (χ0v) is 8.41. The van der Waals surface area contributed by atoms with Gasteiger partial charge >= 0.3 is 6.03 Å². The summed E-state index contributed by atoms with van der Waals surface area (Å²) in [5, 5.41) is 0. The largest absolute Gasteiger partial charge is 0.351 e. The van der Waals surface area contributed by atoms with Crippen molar-refractivity contribution in [3.8, 4) is 0 Å². The number of carbonyl (C=O) groups excluding carboxylic acids is 2. The Morgan fingerprint density at radius 2 is 1.77 bits per heavy atom. The summed E-state index contributed by atoms with van der Waals surface area (Å²) in [4.78, 5) is 24.7. The van der Waals surface area contributed by atoms with Gasteiger partial charge in [0.15, 0.2) is 0 Å². The molecule has 0 aliphatic rings. The van der Waals surface area contributed by atoms with Gasteiger partial charge in [-0.15, -0.1) is 0 Å². The van der Waals surface area contributed by atoms with Crippen LogP contribution in [-0.4, -0.2) is 49.4 Å². The summed E-state index contributed by atoms with van der Waals surface area (Å²) >= 11 is 0. The highest BCUT2D eigenvalue weighted by Crippen LogP contribution is 1.96. The van der Waals surface area contributed by atoms with Crippen molar-refractivity contribution in [3.05, 3.63) is 0 Å². The van der Waals surface area contributed by atoms with Gasteiger partial charge in [-0.25, -0.2) is 4.79 Å². The molecule has 13 heavy (non-hydrogen) atoms. The van der Waals surface area contributed by atoms with Gasteiger partial charge in [-0.05, 0) is 27.1 Å². The first kappa shape index (κ1) is 11.9. The van der Waals surface area contributed by atoms with Crippen LogP contribution in [0.4, 0.5) is 4.79 Å². The fourth-order valence-corrected chi connectivity index (χ4v) is 0.837. The Labute approximate surface area is 78.5 Å². The number of hydrogen-bond acceptors (Lipinski definition) is 3. The molecule has 5 nitrogen and oxygen atoms in total. The molecule has 0 aliphatic carbocycles. The molecule has 0 aliphatic heterocycles. The van der Waals surface area contributed by atoms with Crippen molar-refractivity contribution in [1.82, 2.24) is 9.80 Å². The normalized spacial score (nSPS) is 10.2. The molecular formula is C8H17N3O2. The Morgan fingerprint density at radius 1 is 1.23 bits per heavy atom. The SMILES string of the molecule is CN(C)CCCC(=O)N(C)C(N)=O. The van der Waals surface area contributed by atoms with Crippen molar-refractivity contribution in [2.45, 2.75) is 12.8 Å². The molecule has 0 aromatic rings. The minimum Gasteiger partial charge on any atom is -0.351 e. The minimum absolute atomic E-state index is 0.227. The average molecular weight is 187 g/mol. The lowest BCUT2D eigenvalue weighted by Gasteiger charge is -2.13. The molecular weight excluding hydrogens is 170 g/mol. The van der Waals surface area contributed by atoms with Crippen molar-refractivity contribution in [2.75, 3.05) is 27.7 Å². The zero-order valence-electron chi connectivity index (χ0n) is 8.41. The number of nitrogens with two attached hydrogens (primary N) is 1. The summed E-state index contributed by atoms with van der Waals surface area (Å²) < 4.78 is 0. The predicted octanol–water partition coefficient (Wildman–Crippen LogP) is -0.135. The molecule has 3 amide bonds. The van der Waals surface area contributed by atoms with Crippen LogP contribution >= 0.6 is 0 Å². The number of imide groups is 1. The van der Waals surface area contributed by atoms with Crippen LogP contribution in [0.5, 0.6) is 0 Å². The zero-order chi connectivity index (χ0) is 10.4. The highest BCUT2D eigenvalue weighted by Gasteiger charge is 2.12. The second kappa shape index (κ2) is 5.53. The molecule has 0 atom stereocenters. The van der Waals surface area contributed by atoms with Crippen LogP contribution in [0.25, 0.3) is 0 Å². The monoisotopic (exact) mass is 187 g/mol. The van der Waals surface area contributed by atoms with E-state index in [2.05, 4.69) is 0 Å². The second-order valence-corrected chi connectivity index (χ2v) is 3.20. The van der Waals surface area contributed by atoms with E-state index in [1.807, 2.05) is 19.0 Å². The molecule has 0 heterocycles. The number of nitrogens with zero attached hydrogens (tertiary/aromatic N) is 2. The molecule has 0 spiro atoms. The third-order valence-corrected chi connectivity index (χ3v) is 1.70.